The molecule has 1 N–H and O–H groups in total. The summed E-state index contributed by atoms with van der Waals surface area (Å²) >= 11 is 8.85. The first-order valence-electron chi connectivity index (χ1n) is 9.10. The molecule has 1 aliphatic heterocycles. The van der Waals surface area contributed by atoms with E-state index in [9.17, 15) is 4.39 Å². The van der Waals surface area contributed by atoms with Gasteiger partial charge in [0.1, 0.15) is 23.4 Å². The summed E-state index contributed by atoms with van der Waals surface area (Å²) in [7, 11) is 1.65. The fourth-order valence-corrected chi connectivity index (χ4v) is 4.16. The van der Waals surface area contributed by atoms with Gasteiger partial charge in [0.2, 0.25) is 0 Å². The monoisotopic (exact) mass is 475 g/mol. The van der Waals surface area contributed by atoms with Gasteiger partial charge < -0.3 is 19.4 Å². The quantitative estimate of drug-likeness (QED) is 0.513. The van der Waals surface area contributed by atoms with Gasteiger partial charge in [0.25, 0.3) is 0 Å². The molecule has 8 heteroatoms. The lowest BCUT2D eigenvalue weighted by atomic mass is 10.0. The van der Waals surface area contributed by atoms with E-state index >= 15 is 0 Å². The molecule has 3 heterocycles. The highest BCUT2D eigenvalue weighted by atomic mass is 79.9. The predicted octanol–water partition coefficient (Wildman–Crippen LogP) is 4.86. The minimum atomic E-state index is -0.349. The molecule has 0 aliphatic carbocycles. The minimum absolute atomic E-state index is 0.186. The minimum Gasteiger partial charge on any atom is -0.459 e. The van der Waals surface area contributed by atoms with E-state index in [0.717, 1.165) is 5.69 Å². The van der Waals surface area contributed by atoms with E-state index in [2.05, 4.69) is 26.2 Å². The van der Waals surface area contributed by atoms with Crippen LogP contribution in [0, 0.1) is 5.82 Å². The number of hydrogen-bond donors (Lipinski definition) is 1. The lowest BCUT2D eigenvalue weighted by Gasteiger charge is -2.25. The highest BCUT2D eigenvalue weighted by Gasteiger charge is 2.41. The molecule has 5 nitrogen and oxygen atoms in total. The first-order chi connectivity index (χ1) is 14.1. The second-order valence-corrected chi connectivity index (χ2v) is 7.94. The third-order valence-corrected chi connectivity index (χ3v) is 5.69. The van der Waals surface area contributed by atoms with Gasteiger partial charge in [-0.2, -0.15) is 0 Å². The normalized spacial score (nSPS) is 18.9. The Hall–Kier alpha value is -2.29. The number of nitrogens with zero attached hydrogens (tertiary/aromatic N) is 2. The summed E-state index contributed by atoms with van der Waals surface area (Å²) in [5, 5.41) is 3.95. The molecule has 0 amide bonds. The topological polar surface area (TPSA) is 50.5 Å². The standard InChI is InChI=1S/C21H19BrFN3O2S/c1-27-11-10-26-20(19(25-21(26)29)16-4-2-3-9-24-16)18-8-7-17(28-18)14-6-5-13(22)12-15(14)23/h2-9,12,19-20H,10-11H2,1H3,(H,25,29). The largest absolute Gasteiger partial charge is 0.459 e. The van der Waals surface area contributed by atoms with Crippen LogP contribution in [0.15, 0.2) is 63.6 Å². The van der Waals surface area contributed by atoms with Crippen LogP contribution in [0.5, 0.6) is 0 Å². The number of rotatable bonds is 6. The number of hydrogen-bond acceptors (Lipinski definition) is 4. The van der Waals surface area contributed by atoms with Gasteiger partial charge in [-0.05, 0) is 54.7 Å². The Morgan fingerprint density at radius 2 is 2.14 bits per heavy atom. The SMILES string of the molecule is COCCN1C(=S)NC(c2ccccn2)C1c1ccc(-c2ccc(Br)cc2F)o1. The molecule has 0 bridgehead atoms. The molecule has 1 aromatic carbocycles. The molecule has 2 aromatic heterocycles. The Bertz CT molecular complexity index is 1010. The number of benzene rings is 1. The molecule has 29 heavy (non-hydrogen) atoms. The van der Waals surface area contributed by atoms with Crippen molar-refractivity contribution >= 4 is 33.3 Å². The van der Waals surface area contributed by atoms with E-state index in [1.54, 1.807) is 31.5 Å². The zero-order chi connectivity index (χ0) is 20.4. The van der Waals surface area contributed by atoms with Crippen molar-refractivity contribution < 1.29 is 13.5 Å². The maximum Gasteiger partial charge on any atom is 0.170 e. The molecule has 0 saturated carbocycles. The molecule has 4 rings (SSSR count). The van der Waals surface area contributed by atoms with Crippen molar-refractivity contribution in [2.24, 2.45) is 0 Å². The van der Waals surface area contributed by atoms with Crippen LogP contribution < -0.4 is 5.32 Å². The number of furan rings is 1. The lowest BCUT2D eigenvalue weighted by molar-refractivity contribution is 0.158. The Kier molecular flexibility index (Phi) is 5.94. The van der Waals surface area contributed by atoms with Crippen LogP contribution in [-0.2, 0) is 4.74 Å². The van der Waals surface area contributed by atoms with E-state index in [0.29, 0.717) is 39.8 Å². The van der Waals surface area contributed by atoms with Crippen molar-refractivity contribution in [1.82, 2.24) is 15.2 Å². The molecule has 3 aromatic rings. The average Bonchev–Trinajstić information content (AvgIpc) is 3.31. The van der Waals surface area contributed by atoms with Crippen LogP contribution in [0.25, 0.3) is 11.3 Å². The zero-order valence-corrected chi connectivity index (χ0v) is 18.0. The van der Waals surface area contributed by atoms with Gasteiger partial charge in [0.05, 0.1) is 23.9 Å². The van der Waals surface area contributed by atoms with Crippen LogP contribution >= 0.6 is 28.1 Å². The molecule has 1 fully saturated rings. The van der Waals surface area contributed by atoms with Crippen molar-refractivity contribution in [3.63, 3.8) is 0 Å². The number of aromatic nitrogens is 1. The number of halogens is 2. The van der Waals surface area contributed by atoms with Gasteiger partial charge in [-0.1, -0.05) is 22.0 Å². The van der Waals surface area contributed by atoms with Gasteiger partial charge in [-0.3, -0.25) is 4.98 Å². The van der Waals surface area contributed by atoms with Crippen molar-refractivity contribution in [3.05, 3.63) is 76.5 Å². The molecular weight excluding hydrogens is 457 g/mol. The van der Waals surface area contributed by atoms with E-state index in [1.807, 2.05) is 29.2 Å². The average molecular weight is 476 g/mol. The molecule has 2 atom stereocenters. The second kappa shape index (κ2) is 8.61. The highest BCUT2D eigenvalue weighted by Crippen LogP contribution is 2.40. The summed E-state index contributed by atoms with van der Waals surface area (Å²) < 4.78 is 26.5. The Morgan fingerprint density at radius 3 is 2.86 bits per heavy atom. The van der Waals surface area contributed by atoms with Gasteiger partial charge in [-0.25, -0.2) is 4.39 Å². The third-order valence-electron chi connectivity index (χ3n) is 4.85. The summed E-state index contributed by atoms with van der Waals surface area (Å²) in [6, 6.07) is 13.9. The second-order valence-electron chi connectivity index (χ2n) is 6.64. The van der Waals surface area contributed by atoms with Crippen molar-refractivity contribution in [2.75, 3.05) is 20.3 Å². The van der Waals surface area contributed by atoms with Gasteiger partial charge in [0.15, 0.2) is 5.11 Å². The first kappa shape index (κ1) is 20.0. The summed E-state index contributed by atoms with van der Waals surface area (Å²) in [6.45, 7) is 1.11. The van der Waals surface area contributed by atoms with Crippen LogP contribution in [0.3, 0.4) is 0 Å². The summed E-state index contributed by atoms with van der Waals surface area (Å²) in [4.78, 5) is 6.51. The molecular formula is C21H19BrFN3O2S. The maximum atomic E-state index is 14.4. The number of ether oxygens (including phenoxy) is 1. The van der Waals surface area contributed by atoms with Crippen LogP contribution in [0.4, 0.5) is 4.39 Å². The summed E-state index contributed by atoms with van der Waals surface area (Å²) in [5.41, 5.74) is 1.26. The maximum absolute atomic E-state index is 14.4. The van der Waals surface area contributed by atoms with E-state index in [4.69, 9.17) is 21.4 Å². The zero-order valence-electron chi connectivity index (χ0n) is 15.6. The Labute approximate surface area is 182 Å². The number of thiocarbonyl (C=S) groups is 1. The van der Waals surface area contributed by atoms with E-state index < -0.39 is 0 Å². The number of methoxy groups -OCH3 is 1. The van der Waals surface area contributed by atoms with Gasteiger partial charge >= 0.3 is 0 Å². The predicted molar refractivity (Wildman–Crippen MR) is 116 cm³/mol. The van der Waals surface area contributed by atoms with Gasteiger partial charge in [-0.15, -0.1) is 0 Å². The lowest BCUT2D eigenvalue weighted by Crippen LogP contribution is -2.32. The van der Waals surface area contributed by atoms with Crippen LogP contribution in [-0.4, -0.2) is 35.3 Å². The summed E-state index contributed by atoms with van der Waals surface area (Å²) in [5.74, 6) is 0.800. The Balaban J connectivity index is 1.72. The fourth-order valence-electron chi connectivity index (χ4n) is 3.49. The van der Waals surface area contributed by atoms with Crippen molar-refractivity contribution in [1.29, 1.82) is 0 Å². The Morgan fingerprint density at radius 1 is 1.28 bits per heavy atom. The van der Waals surface area contributed by atoms with E-state index in [1.165, 1.54) is 6.07 Å². The molecule has 1 aliphatic rings. The smallest absolute Gasteiger partial charge is 0.170 e. The van der Waals surface area contributed by atoms with Crippen molar-refractivity contribution in [3.8, 4) is 11.3 Å². The molecule has 150 valence electrons. The number of pyridine rings is 1. The summed E-state index contributed by atoms with van der Waals surface area (Å²) in [6.07, 6.45) is 1.75. The van der Waals surface area contributed by atoms with Gasteiger partial charge in [0, 0.05) is 24.3 Å². The number of nitrogens with one attached hydrogen (secondary N) is 1. The molecule has 1 saturated heterocycles. The first-order valence-corrected chi connectivity index (χ1v) is 10.3. The highest BCUT2D eigenvalue weighted by molar-refractivity contribution is 9.10. The van der Waals surface area contributed by atoms with Crippen LogP contribution in [0.1, 0.15) is 23.5 Å². The third kappa shape index (κ3) is 4.05. The molecule has 0 radical (unpaired) electrons. The van der Waals surface area contributed by atoms with Crippen LogP contribution in [0.2, 0.25) is 0 Å². The molecule has 0 spiro atoms. The fraction of sp³-hybridized carbons (Fsp3) is 0.238. The molecule has 2 unspecified atom stereocenters. The van der Waals surface area contributed by atoms with E-state index in [-0.39, 0.29) is 17.9 Å². The van der Waals surface area contributed by atoms with Crippen molar-refractivity contribution in [2.45, 2.75) is 12.1 Å².